The molecule has 6 nitrogen and oxygen atoms in total. The van der Waals surface area contributed by atoms with Crippen molar-refractivity contribution in [3.8, 4) is 0 Å². The maximum Gasteiger partial charge on any atom is 0.253 e. The predicted molar refractivity (Wildman–Crippen MR) is 130 cm³/mol. The minimum atomic E-state index is -0.681. The van der Waals surface area contributed by atoms with Crippen LogP contribution in [0.5, 0.6) is 0 Å². The monoisotopic (exact) mass is 506 g/mol. The van der Waals surface area contributed by atoms with Gasteiger partial charge in [0.05, 0.1) is 11.1 Å². The molecule has 31 heavy (non-hydrogen) atoms. The van der Waals surface area contributed by atoms with Crippen LogP contribution in [0.2, 0.25) is 0 Å². The third-order valence-electron chi connectivity index (χ3n) is 5.03. The number of β-lactam (4-membered cyclic amide) rings is 1. The fourth-order valence-corrected chi connectivity index (χ4v) is 8.12. The minimum absolute atomic E-state index is 0.0991. The van der Waals surface area contributed by atoms with Crippen molar-refractivity contribution in [2.24, 2.45) is 0 Å². The molecule has 1 unspecified atom stereocenters. The summed E-state index contributed by atoms with van der Waals surface area (Å²) in [6.45, 7) is 0. The van der Waals surface area contributed by atoms with Crippen molar-refractivity contribution in [2.75, 3.05) is 5.75 Å². The number of hydrogen-bond acceptors (Lipinski definition) is 8. The van der Waals surface area contributed by atoms with E-state index in [0.29, 0.717) is 20.9 Å². The average molecular weight is 507 g/mol. The molecule has 2 aliphatic heterocycles. The molecule has 3 aromatic rings. The summed E-state index contributed by atoms with van der Waals surface area (Å²) in [5.74, 6) is -0.120. The molecule has 3 aromatic heterocycles. The summed E-state index contributed by atoms with van der Waals surface area (Å²) in [5.41, 5.74) is 0.734. The molecule has 11 heteroatoms. The van der Waals surface area contributed by atoms with Crippen LogP contribution in [0, 0.1) is 0 Å². The van der Waals surface area contributed by atoms with E-state index in [1.54, 1.807) is 0 Å². The largest absolute Gasteiger partial charge is 0.341 e. The summed E-state index contributed by atoms with van der Waals surface area (Å²) < 4.78 is 1.54. The molecule has 2 atom stereocenters. The van der Waals surface area contributed by atoms with Crippen LogP contribution in [0.3, 0.4) is 0 Å². The Labute approximate surface area is 198 Å². The van der Waals surface area contributed by atoms with E-state index in [2.05, 4.69) is 17.9 Å². The molecule has 5 heterocycles. The molecule has 0 spiro atoms. The number of carbonyl (C=O) groups is 3. The number of nitrogens with one attached hydrogen (secondary N) is 1. The van der Waals surface area contributed by atoms with E-state index in [4.69, 9.17) is 0 Å². The fraction of sp³-hybridized carbons (Fsp3) is 0.200. The van der Waals surface area contributed by atoms with Gasteiger partial charge < -0.3 is 5.32 Å². The first-order valence-electron chi connectivity index (χ1n) is 9.18. The van der Waals surface area contributed by atoms with E-state index < -0.39 is 11.2 Å². The summed E-state index contributed by atoms with van der Waals surface area (Å²) in [4.78, 5) is 53.1. The van der Waals surface area contributed by atoms with Gasteiger partial charge in [0.2, 0.25) is 11.0 Å². The summed E-state index contributed by atoms with van der Waals surface area (Å²) in [6.07, 6.45) is 0.215. The van der Waals surface area contributed by atoms with Gasteiger partial charge in [0.15, 0.2) is 5.43 Å². The Bertz CT molecular complexity index is 1310. The number of carbonyl (C=O) groups excluding carboxylic acids is 3. The van der Waals surface area contributed by atoms with Crippen LogP contribution < -0.4 is 10.7 Å². The van der Waals surface area contributed by atoms with Gasteiger partial charge in [-0.15, -0.1) is 45.8 Å². The summed E-state index contributed by atoms with van der Waals surface area (Å²) in [7, 11) is 0. The van der Waals surface area contributed by atoms with E-state index in [-0.39, 0.29) is 34.7 Å². The number of amides is 2. The van der Waals surface area contributed by atoms with Gasteiger partial charge in [-0.2, -0.15) is 0 Å². The van der Waals surface area contributed by atoms with Crippen molar-refractivity contribution in [1.82, 2.24) is 10.2 Å². The van der Waals surface area contributed by atoms with E-state index in [1.807, 2.05) is 29.0 Å². The molecular formula is C20H14N2O4S5. The lowest BCUT2D eigenvalue weighted by atomic mass is 10.0. The molecular weight excluding hydrogens is 493 g/mol. The molecule has 0 bridgehead atoms. The van der Waals surface area contributed by atoms with Gasteiger partial charge in [-0.25, -0.2) is 0 Å². The summed E-state index contributed by atoms with van der Waals surface area (Å²) in [5, 5.41) is 5.67. The molecule has 2 amide bonds. The normalized spacial score (nSPS) is 20.5. The SMILES string of the molecule is O=C(Cc1cccs1)NC1C(=O)N2C(C(=O)S)=C(c3cc(=O)c4sccc4s3)CS[C@H]12. The summed E-state index contributed by atoms with van der Waals surface area (Å²) >= 11 is 9.78. The molecule has 1 fully saturated rings. The van der Waals surface area contributed by atoms with Crippen LogP contribution in [0.1, 0.15) is 9.75 Å². The maximum atomic E-state index is 12.9. The van der Waals surface area contributed by atoms with Crippen molar-refractivity contribution < 1.29 is 14.4 Å². The lowest BCUT2D eigenvalue weighted by Crippen LogP contribution is -2.70. The van der Waals surface area contributed by atoms with E-state index in [1.165, 1.54) is 56.7 Å². The van der Waals surface area contributed by atoms with E-state index in [0.717, 1.165) is 9.58 Å². The zero-order valence-electron chi connectivity index (χ0n) is 15.7. The predicted octanol–water partition coefficient (Wildman–Crippen LogP) is 3.19. The molecule has 2 aliphatic rings. The van der Waals surface area contributed by atoms with Crippen LogP contribution >= 0.6 is 58.4 Å². The highest BCUT2D eigenvalue weighted by molar-refractivity contribution is 8.00. The molecule has 0 radical (unpaired) electrons. The molecule has 1 saturated heterocycles. The quantitative estimate of drug-likeness (QED) is 0.410. The Balaban J connectivity index is 1.43. The number of hydrogen-bond donors (Lipinski definition) is 2. The molecule has 0 saturated carbocycles. The van der Waals surface area contributed by atoms with E-state index in [9.17, 15) is 19.2 Å². The van der Waals surface area contributed by atoms with Gasteiger partial charge in [-0.05, 0) is 22.9 Å². The smallest absolute Gasteiger partial charge is 0.253 e. The Morgan fingerprint density at radius 3 is 2.77 bits per heavy atom. The number of thioether (sulfide) groups is 1. The fourth-order valence-electron chi connectivity index (χ4n) is 3.64. The summed E-state index contributed by atoms with van der Waals surface area (Å²) in [6, 6.07) is 6.47. The molecule has 0 aromatic carbocycles. The highest BCUT2D eigenvalue weighted by atomic mass is 32.2. The van der Waals surface area contributed by atoms with Crippen molar-refractivity contribution in [1.29, 1.82) is 0 Å². The highest BCUT2D eigenvalue weighted by Gasteiger charge is 2.53. The van der Waals surface area contributed by atoms with Gasteiger partial charge in [0, 0.05) is 31.8 Å². The lowest BCUT2D eigenvalue weighted by molar-refractivity contribution is -0.146. The van der Waals surface area contributed by atoms with E-state index >= 15 is 0 Å². The standard InChI is InChI=1S/C20H14N2O4S5/c23-11-7-13(31-12-3-5-29-17(11)12)10-8-30-19-15(18(25)22(19)16(10)20(26)27)21-14(24)6-9-2-1-4-28-9/h1-5,7,15,19H,6,8H2,(H,21,24)(H,26,27)/t15?,19-/m1/s1. The second-order valence-electron chi connectivity index (χ2n) is 6.93. The Kier molecular flexibility index (Phi) is 5.55. The first-order chi connectivity index (χ1) is 14.9. The first-order valence-corrected chi connectivity index (χ1v) is 13.3. The van der Waals surface area contributed by atoms with Crippen LogP contribution in [-0.2, 0) is 20.8 Å². The Morgan fingerprint density at radius 2 is 2.03 bits per heavy atom. The number of thiophene rings is 2. The van der Waals surface area contributed by atoms with Crippen LogP contribution in [-0.4, -0.2) is 39.0 Å². The maximum absolute atomic E-state index is 12.9. The van der Waals surface area contributed by atoms with Gasteiger partial charge in [-0.1, -0.05) is 18.7 Å². The average Bonchev–Trinajstić information content (AvgIpc) is 3.42. The third-order valence-corrected chi connectivity index (χ3v) is 9.61. The third kappa shape index (κ3) is 3.68. The number of nitrogens with zero attached hydrogens (tertiary/aromatic N) is 1. The second kappa shape index (κ2) is 8.21. The zero-order valence-corrected chi connectivity index (χ0v) is 19.9. The number of fused-ring (bicyclic) bond motifs is 2. The van der Waals surface area contributed by atoms with Gasteiger partial charge >= 0.3 is 0 Å². The van der Waals surface area contributed by atoms with Crippen molar-refractivity contribution >= 4 is 90.3 Å². The minimum Gasteiger partial charge on any atom is -0.341 e. The van der Waals surface area contributed by atoms with Crippen molar-refractivity contribution in [3.05, 3.63) is 60.7 Å². The highest BCUT2D eigenvalue weighted by Crippen LogP contribution is 2.45. The van der Waals surface area contributed by atoms with Gasteiger partial charge in [-0.3, -0.25) is 24.1 Å². The first kappa shape index (κ1) is 21.0. The van der Waals surface area contributed by atoms with Crippen LogP contribution in [0.25, 0.3) is 15.0 Å². The zero-order chi connectivity index (χ0) is 21.7. The van der Waals surface area contributed by atoms with Crippen LogP contribution in [0.4, 0.5) is 0 Å². The number of thiol groups is 1. The van der Waals surface area contributed by atoms with Gasteiger partial charge in [0.25, 0.3) is 5.91 Å². The Morgan fingerprint density at radius 1 is 1.19 bits per heavy atom. The second-order valence-corrected chi connectivity index (χ2v) is 11.5. The molecule has 1 N–H and O–H groups in total. The lowest BCUT2D eigenvalue weighted by Gasteiger charge is -2.49. The van der Waals surface area contributed by atoms with Crippen molar-refractivity contribution in [2.45, 2.75) is 17.8 Å². The topological polar surface area (TPSA) is 83.6 Å². The molecule has 0 aliphatic carbocycles. The Hall–Kier alpha value is -1.92. The van der Waals surface area contributed by atoms with Gasteiger partial charge in [0.1, 0.15) is 17.1 Å². The molecule has 5 rings (SSSR count). The van der Waals surface area contributed by atoms with Crippen molar-refractivity contribution in [3.63, 3.8) is 0 Å². The van der Waals surface area contributed by atoms with Crippen LogP contribution in [0.15, 0.2) is 45.5 Å². The molecule has 158 valence electrons. The number of rotatable bonds is 5.